The van der Waals surface area contributed by atoms with Gasteiger partial charge in [0.15, 0.2) is 0 Å². The summed E-state index contributed by atoms with van der Waals surface area (Å²) in [5.41, 5.74) is 4.69. The van der Waals surface area contributed by atoms with Gasteiger partial charge < -0.3 is 24.1 Å². The molecule has 0 radical (unpaired) electrons. The first-order valence-corrected chi connectivity index (χ1v) is 10.2. The number of aromatic nitrogens is 1. The molecule has 2 heterocycles. The molecule has 0 saturated heterocycles. The number of aromatic amines is 1. The summed E-state index contributed by atoms with van der Waals surface area (Å²) in [4.78, 5) is 29.1. The van der Waals surface area contributed by atoms with E-state index in [1.165, 1.54) is 19.8 Å². The minimum absolute atomic E-state index is 0.0996. The number of fused-ring (bicyclic) bond motifs is 2. The van der Waals surface area contributed by atoms with Gasteiger partial charge in [0, 0.05) is 23.6 Å². The number of aryl methyl sites for hydroxylation is 1. The summed E-state index contributed by atoms with van der Waals surface area (Å²) in [7, 11) is 4.54. The number of hydrogen-bond acceptors (Lipinski definition) is 5. The van der Waals surface area contributed by atoms with Crippen LogP contribution < -0.4 is 9.47 Å². The molecule has 0 aliphatic carbocycles. The Kier molecular flexibility index (Phi) is 5.84. The maximum Gasteiger partial charge on any atom is 0.341 e. The van der Waals surface area contributed by atoms with Crippen LogP contribution in [0.4, 0.5) is 0 Å². The highest BCUT2D eigenvalue weighted by molar-refractivity contribution is 5.93. The predicted molar refractivity (Wildman–Crippen MR) is 117 cm³/mol. The van der Waals surface area contributed by atoms with E-state index in [2.05, 4.69) is 4.98 Å². The molecule has 1 aliphatic heterocycles. The van der Waals surface area contributed by atoms with Crippen LogP contribution in [0, 0.1) is 0 Å². The molecule has 0 spiro atoms. The summed E-state index contributed by atoms with van der Waals surface area (Å²) in [6.45, 7) is 0.607. The van der Waals surface area contributed by atoms with Crippen LogP contribution in [0.15, 0.2) is 36.5 Å². The zero-order valence-corrected chi connectivity index (χ0v) is 17.9. The third kappa shape index (κ3) is 3.83. The topological polar surface area (TPSA) is 80.9 Å². The van der Waals surface area contributed by atoms with E-state index in [4.69, 9.17) is 14.2 Å². The van der Waals surface area contributed by atoms with E-state index in [1.54, 1.807) is 7.11 Å². The van der Waals surface area contributed by atoms with Crippen molar-refractivity contribution in [3.05, 3.63) is 58.8 Å². The first-order valence-electron chi connectivity index (χ1n) is 10.2. The van der Waals surface area contributed by atoms with Crippen LogP contribution >= 0.6 is 0 Å². The molecule has 1 atom stereocenters. The second-order valence-electron chi connectivity index (χ2n) is 7.62. The van der Waals surface area contributed by atoms with E-state index in [0.29, 0.717) is 24.3 Å². The van der Waals surface area contributed by atoms with Crippen molar-refractivity contribution < 1.29 is 23.8 Å². The molecule has 2 aromatic carbocycles. The van der Waals surface area contributed by atoms with Gasteiger partial charge in [-0.15, -0.1) is 0 Å². The van der Waals surface area contributed by atoms with E-state index >= 15 is 0 Å². The molecular formula is C24H26N2O5. The second kappa shape index (κ2) is 8.71. The SMILES string of the molecule is COC(=O)c1cc2c(cc1OC)C(CCc1c[nH]c3ccc(OC)cc13)N(C=O)CC2. The lowest BCUT2D eigenvalue weighted by atomic mass is 9.87. The van der Waals surface area contributed by atoms with Gasteiger partial charge in [-0.25, -0.2) is 4.79 Å². The van der Waals surface area contributed by atoms with Crippen molar-refractivity contribution >= 4 is 23.3 Å². The molecule has 0 bridgehead atoms. The molecule has 1 aliphatic rings. The van der Waals surface area contributed by atoms with Gasteiger partial charge in [0.25, 0.3) is 0 Å². The standard InChI is InChI=1S/C24H26N2O5/c1-29-17-5-6-21-18(11-17)16(13-25-21)4-7-22-19-12-23(30-2)20(24(28)31-3)10-15(19)8-9-26(22)14-27/h5-6,10-14,22,25H,4,7-9H2,1-3H3. The largest absolute Gasteiger partial charge is 0.497 e. The van der Waals surface area contributed by atoms with Crippen LogP contribution in [0.3, 0.4) is 0 Å². The van der Waals surface area contributed by atoms with E-state index in [9.17, 15) is 9.59 Å². The number of carbonyl (C=O) groups is 2. The molecule has 1 amide bonds. The summed E-state index contributed by atoms with van der Waals surface area (Å²) in [6.07, 6.45) is 5.13. The molecule has 31 heavy (non-hydrogen) atoms. The quantitative estimate of drug-likeness (QED) is 0.464. The fraction of sp³-hybridized carbons (Fsp3) is 0.333. The predicted octanol–water partition coefficient (Wildman–Crippen LogP) is 3.66. The summed E-state index contributed by atoms with van der Waals surface area (Å²) >= 11 is 0. The van der Waals surface area contributed by atoms with Crippen molar-refractivity contribution in [2.75, 3.05) is 27.9 Å². The Morgan fingerprint density at radius 3 is 2.74 bits per heavy atom. The Bertz CT molecular complexity index is 1120. The lowest BCUT2D eigenvalue weighted by Gasteiger charge is -2.35. The zero-order chi connectivity index (χ0) is 22.0. The van der Waals surface area contributed by atoms with Gasteiger partial charge >= 0.3 is 5.97 Å². The summed E-state index contributed by atoms with van der Waals surface area (Å²) in [5.74, 6) is 0.841. The van der Waals surface area contributed by atoms with Gasteiger partial charge in [-0.3, -0.25) is 4.79 Å². The van der Waals surface area contributed by atoms with Crippen molar-refractivity contribution in [3.8, 4) is 11.5 Å². The highest BCUT2D eigenvalue weighted by atomic mass is 16.5. The first-order chi connectivity index (χ1) is 15.1. The number of hydrogen-bond donors (Lipinski definition) is 1. The Morgan fingerprint density at radius 1 is 1.19 bits per heavy atom. The van der Waals surface area contributed by atoms with Gasteiger partial charge in [0.1, 0.15) is 17.1 Å². The minimum Gasteiger partial charge on any atom is -0.497 e. The monoisotopic (exact) mass is 422 g/mol. The maximum atomic E-state index is 12.2. The van der Waals surface area contributed by atoms with E-state index in [0.717, 1.165) is 47.0 Å². The van der Waals surface area contributed by atoms with Crippen LogP contribution in [0.1, 0.15) is 39.5 Å². The molecule has 3 aromatic rings. The normalized spacial score (nSPS) is 15.5. The van der Waals surface area contributed by atoms with Crippen molar-refractivity contribution in [1.82, 2.24) is 9.88 Å². The molecule has 0 fully saturated rings. The second-order valence-corrected chi connectivity index (χ2v) is 7.62. The minimum atomic E-state index is -0.429. The Labute approximate surface area is 180 Å². The lowest BCUT2D eigenvalue weighted by Crippen LogP contribution is -2.35. The summed E-state index contributed by atoms with van der Waals surface area (Å²) in [6, 6.07) is 9.58. The Balaban J connectivity index is 1.67. The summed E-state index contributed by atoms with van der Waals surface area (Å²) < 4.78 is 15.7. The third-order valence-electron chi connectivity index (χ3n) is 6.06. The van der Waals surface area contributed by atoms with Crippen LogP contribution in [-0.4, -0.2) is 50.1 Å². The number of H-pyrrole nitrogens is 1. The number of esters is 1. The van der Waals surface area contributed by atoms with Crippen LogP contribution in [0.25, 0.3) is 10.9 Å². The molecule has 1 N–H and O–H groups in total. The molecule has 1 unspecified atom stereocenters. The molecule has 1 aromatic heterocycles. The molecule has 162 valence electrons. The average molecular weight is 422 g/mol. The smallest absolute Gasteiger partial charge is 0.341 e. The van der Waals surface area contributed by atoms with Crippen molar-refractivity contribution in [2.45, 2.75) is 25.3 Å². The number of nitrogens with zero attached hydrogens (tertiary/aromatic N) is 1. The number of carbonyl (C=O) groups excluding carboxylic acids is 2. The number of rotatable bonds is 7. The van der Waals surface area contributed by atoms with E-state index in [1.807, 2.05) is 41.4 Å². The number of benzene rings is 2. The number of amides is 1. The number of ether oxygens (including phenoxy) is 3. The molecule has 4 rings (SSSR count). The van der Waals surface area contributed by atoms with Gasteiger partial charge in [0.2, 0.25) is 6.41 Å². The van der Waals surface area contributed by atoms with Gasteiger partial charge in [-0.1, -0.05) is 0 Å². The Morgan fingerprint density at radius 2 is 2.03 bits per heavy atom. The number of nitrogens with one attached hydrogen (secondary N) is 1. The van der Waals surface area contributed by atoms with E-state index < -0.39 is 5.97 Å². The van der Waals surface area contributed by atoms with Crippen molar-refractivity contribution in [1.29, 1.82) is 0 Å². The maximum absolute atomic E-state index is 12.2. The first kappa shape index (κ1) is 20.8. The van der Waals surface area contributed by atoms with Crippen molar-refractivity contribution in [2.24, 2.45) is 0 Å². The fourth-order valence-electron chi connectivity index (χ4n) is 4.42. The average Bonchev–Trinajstić information content (AvgIpc) is 3.22. The number of methoxy groups -OCH3 is 3. The molecular weight excluding hydrogens is 396 g/mol. The summed E-state index contributed by atoms with van der Waals surface area (Å²) in [5, 5.41) is 1.12. The van der Waals surface area contributed by atoms with Crippen molar-refractivity contribution in [3.63, 3.8) is 0 Å². The highest BCUT2D eigenvalue weighted by Crippen LogP contribution is 2.37. The Hall–Kier alpha value is -3.48. The van der Waals surface area contributed by atoms with Crippen LogP contribution in [0.2, 0.25) is 0 Å². The van der Waals surface area contributed by atoms with Gasteiger partial charge in [0.05, 0.1) is 27.4 Å². The third-order valence-corrected chi connectivity index (χ3v) is 6.06. The van der Waals surface area contributed by atoms with Crippen LogP contribution in [-0.2, 0) is 22.4 Å². The zero-order valence-electron chi connectivity index (χ0n) is 17.9. The lowest BCUT2D eigenvalue weighted by molar-refractivity contribution is -0.120. The van der Waals surface area contributed by atoms with Gasteiger partial charge in [-0.05, 0) is 66.3 Å². The van der Waals surface area contributed by atoms with Gasteiger partial charge in [-0.2, -0.15) is 0 Å². The molecule has 7 nitrogen and oxygen atoms in total. The highest BCUT2D eigenvalue weighted by Gasteiger charge is 2.29. The molecule has 0 saturated carbocycles. The van der Waals surface area contributed by atoms with E-state index in [-0.39, 0.29) is 6.04 Å². The fourth-order valence-corrected chi connectivity index (χ4v) is 4.42. The molecule has 7 heteroatoms. The van der Waals surface area contributed by atoms with Crippen LogP contribution in [0.5, 0.6) is 11.5 Å².